The normalized spacial score (nSPS) is 22.7. The molecule has 0 unspecified atom stereocenters. The van der Waals surface area contributed by atoms with Crippen LogP contribution >= 0.6 is 11.6 Å². The molecule has 0 amide bonds. The van der Waals surface area contributed by atoms with Crippen molar-refractivity contribution in [2.24, 2.45) is 0 Å². The summed E-state index contributed by atoms with van der Waals surface area (Å²) < 4.78 is 100. The van der Waals surface area contributed by atoms with Crippen molar-refractivity contribution < 1.29 is 44.1 Å². The van der Waals surface area contributed by atoms with E-state index in [-0.39, 0.29) is 37.9 Å². The van der Waals surface area contributed by atoms with Gasteiger partial charge in [0.1, 0.15) is 24.4 Å². The maximum atomic E-state index is 15.5. The first-order chi connectivity index (χ1) is 30.2. The molecule has 1 aliphatic heterocycles. The molecule has 1 fully saturated rings. The van der Waals surface area contributed by atoms with Gasteiger partial charge in [0.25, 0.3) is 0 Å². The van der Waals surface area contributed by atoms with E-state index in [0.29, 0.717) is 21.7 Å². The van der Waals surface area contributed by atoms with E-state index >= 15 is 4.39 Å². The smallest absolute Gasteiger partial charge is 0.225 e. The van der Waals surface area contributed by atoms with Crippen LogP contribution in [0.2, 0.25) is 23.2 Å². The van der Waals surface area contributed by atoms with E-state index in [9.17, 15) is 0 Å². The Morgan fingerprint density at radius 3 is 1.88 bits per heavy atom. The zero-order chi connectivity index (χ0) is 46.3. The van der Waals surface area contributed by atoms with E-state index in [0.717, 1.165) is 16.7 Å². The third-order valence-electron chi connectivity index (χ3n) is 11.3. The Hall–Kier alpha value is -3.90. The summed E-state index contributed by atoms with van der Waals surface area (Å²) in [6.07, 6.45) is -3.09. The van der Waals surface area contributed by atoms with Crippen LogP contribution in [0.3, 0.4) is 0 Å². The second-order valence-corrected chi connectivity index (χ2v) is 21.5. The fourth-order valence-corrected chi connectivity index (χ4v) is 8.13. The van der Waals surface area contributed by atoms with Gasteiger partial charge >= 0.3 is 0 Å². The molecule has 314 valence electrons. The van der Waals surface area contributed by atoms with E-state index < -0.39 is 63.5 Å². The molecule has 1 heterocycles. The van der Waals surface area contributed by atoms with Gasteiger partial charge in [-0.3, -0.25) is 0 Å². The SMILES string of the molecule is [2H]C([2H])([2H])C([2H])([2H])Oc1ccc(Cc2cc([C@]3(OC)O[C@H](CO[Si](C)(C)C(C)(C)C)[C@@H](OCc4ccccc4)[C@H](OCc4ccccc4)[C@H]3OCc3ccccc3)ccc2Cl)cc1F. The average Bonchev–Trinajstić information content (AvgIpc) is 3.25. The largest absolute Gasteiger partial charge is 0.491 e. The van der Waals surface area contributed by atoms with Crippen molar-refractivity contribution in [2.75, 3.05) is 20.3 Å². The lowest BCUT2D eigenvalue weighted by Crippen LogP contribution is -2.66. The highest BCUT2D eigenvalue weighted by Gasteiger charge is 2.59. The summed E-state index contributed by atoms with van der Waals surface area (Å²) in [5, 5.41) is 0.270. The summed E-state index contributed by atoms with van der Waals surface area (Å²) >= 11 is 6.90. The van der Waals surface area contributed by atoms with Crippen LogP contribution in [0.5, 0.6) is 5.75 Å². The number of benzene rings is 5. The van der Waals surface area contributed by atoms with Crippen molar-refractivity contribution in [3.8, 4) is 5.75 Å². The number of rotatable bonds is 18. The summed E-state index contributed by atoms with van der Waals surface area (Å²) in [7, 11) is -0.796. The number of methoxy groups -OCH3 is 1. The molecule has 0 spiro atoms. The minimum atomic E-state index is -3.14. The molecule has 0 bridgehead atoms. The van der Waals surface area contributed by atoms with Gasteiger partial charge in [0, 0.05) is 21.8 Å². The third kappa shape index (κ3) is 11.1. The summed E-state index contributed by atoms with van der Waals surface area (Å²) in [4.78, 5) is 0. The highest BCUT2D eigenvalue weighted by Crippen LogP contribution is 2.46. The van der Waals surface area contributed by atoms with E-state index in [1.807, 2.05) is 103 Å². The summed E-state index contributed by atoms with van der Waals surface area (Å²) in [5.74, 6) is -3.11. The molecule has 6 rings (SSSR count). The maximum absolute atomic E-state index is 15.5. The van der Waals surface area contributed by atoms with Crippen molar-refractivity contribution in [3.63, 3.8) is 0 Å². The Bertz CT molecular complexity index is 2270. The lowest BCUT2D eigenvalue weighted by Gasteiger charge is -2.52. The average molecular weight is 847 g/mol. The van der Waals surface area contributed by atoms with Gasteiger partial charge in [0.2, 0.25) is 5.79 Å². The second-order valence-electron chi connectivity index (χ2n) is 16.3. The van der Waals surface area contributed by atoms with E-state index in [2.05, 4.69) is 33.9 Å². The van der Waals surface area contributed by atoms with Crippen LogP contribution in [0.1, 0.15) is 67.9 Å². The number of halogens is 2. The third-order valence-corrected chi connectivity index (χ3v) is 16.1. The van der Waals surface area contributed by atoms with Gasteiger partial charge in [0.05, 0.1) is 35.7 Å². The van der Waals surface area contributed by atoms with Gasteiger partial charge in [-0.05, 0) is 83.5 Å². The summed E-state index contributed by atoms with van der Waals surface area (Å²) in [6, 6.07) is 38.8. The van der Waals surface area contributed by atoms with Gasteiger partial charge in [-0.15, -0.1) is 0 Å². The molecule has 10 heteroatoms. The monoisotopic (exact) mass is 845 g/mol. The fraction of sp³-hybridized carbons (Fsp3) is 0.388. The Morgan fingerprint density at radius 1 is 0.763 bits per heavy atom. The van der Waals surface area contributed by atoms with Crippen LogP contribution in [-0.4, -0.2) is 53.0 Å². The van der Waals surface area contributed by atoms with Crippen molar-refractivity contribution in [1.82, 2.24) is 0 Å². The zero-order valence-corrected chi connectivity index (χ0v) is 36.3. The molecule has 0 N–H and O–H groups in total. The van der Waals surface area contributed by atoms with Crippen molar-refractivity contribution >= 4 is 19.9 Å². The highest BCUT2D eigenvalue weighted by atomic mass is 35.5. The van der Waals surface area contributed by atoms with Crippen LogP contribution in [-0.2, 0) is 60.1 Å². The quantitative estimate of drug-likeness (QED) is 0.0814. The zero-order valence-electron chi connectivity index (χ0n) is 39.6. The Labute approximate surface area is 362 Å². The highest BCUT2D eigenvalue weighted by molar-refractivity contribution is 6.74. The minimum Gasteiger partial charge on any atom is -0.491 e. The molecule has 7 nitrogen and oxygen atoms in total. The molecule has 5 aromatic rings. The van der Waals surface area contributed by atoms with Gasteiger partial charge in [-0.2, -0.15) is 0 Å². The van der Waals surface area contributed by atoms with Crippen molar-refractivity contribution in [3.05, 3.63) is 172 Å². The molecule has 0 radical (unpaired) electrons. The molecular formula is C49H58ClFO7Si. The molecule has 1 aliphatic rings. The minimum absolute atomic E-state index is 0.110. The number of hydrogen-bond donors (Lipinski definition) is 0. The van der Waals surface area contributed by atoms with Gasteiger partial charge < -0.3 is 32.8 Å². The van der Waals surface area contributed by atoms with Crippen LogP contribution in [0.4, 0.5) is 4.39 Å². The predicted molar refractivity (Wildman–Crippen MR) is 234 cm³/mol. The Morgan fingerprint density at radius 2 is 1.34 bits per heavy atom. The van der Waals surface area contributed by atoms with Gasteiger partial charge in [-0.25, -0.2) is 4.39 Å². The maximum Gasteiger partial charge on any atom is 0.225 e. The first kappa shape index (κ1) is 38.0. The topological polar surface area (TPSA) is 64.6 Å². The lowest BCUT2D eigenvalue weighted by molar-refractivity contribution is -0.384. The van der Waals surface area contributed by atoms with Crippen molar-refractivity contribution in [1.29, 1.82) is 0 Å². The van der Waals surface area contributed by atoms with Crippen molar-refractivity contribution in [2.45, 2.75) is 102 Å². The van der Waals surface area contributed by atoms with Crippen LogP contribution < -0.4 is 4.74 Å². The molecular weight excluding hydrogens is 783 g/mol. The summed E-state index contributed by atoms with van der Waals surface area (Å²) in [6.45, 7) is 5.49. The first-order valence-electron chi connectivity index (χ1n) is 22.3. The Kier molecular flexibility index (Phi) is 13.0. The molecule has 0 aromatic heterocycles. The van der Waals surface area contributed by atoms with E-state index in [4.69, 9.17) is 51.3 Å². The molecule has 0 saturated carbocycles. The summed E-state index contributed by atoms with van der Waals surface area (Å²) in [5.41, 5.74) is 4.42. The predicted octanol–water partition coefficient (Wildman–Crippen LogP) is 11.4. The second kappa shape index (κ2) is 20.1. The fourth-order valence-electron chi connectivity index (χ4n) is 6.93. The standard InChI is InChI=1S/C49H58ClFO7Si/c1-8-53-43-27-24-38(29-42(43)51)28-39-30-40(25-26-41(39)50)49(52-5)47(56-33-37-22-16-11-17-23-37)46(55-32-36-20-14-10-15-21-36)45(54-31-35-18-12-9-13-19-35)44(58-49)34-57-59(6,7)48(2,3)4/h9-27,29-30,44-47H,8,28,31-34H2,1-7H3/t44-,45-,46+,47-,49+/m1/s1/i1D3,8D2. The van der Waals surface area contributed by atoms with Gasteiger partial charge in [0.15, 0.2) is 19.9 Å². The van der Waals surface area contributed by atoms with Crippen LogP contribution in [0.15, 0.2) is 127 Å². The Balaban J connectivity index is 1.45. The van der Waals surface area contributed by atoms with Crippen LogP contribution in [0, 0.1) is 5.82 Å². The van der Waals surface area contributed by atoms with Crippen LogP contribution in [0.25, 0.3) is 0 Å². The molecule has 5 atom stereocenters. The first-order valence-corrected chi connectivity index (χ1v) is 23.1. The molecule has 5 aromatic carbocycles. The molecule has 59 heavy (non-hydrogen) atoms. The molecule has 0 aliphatic carbocycles. The lowest BCUT2D eigenvalue weighted by atomic mass is 9.86. The number of ether oxygens (including phenoxy) is 6. The molecule has 1 saturated heterocycles. The van der Waals surface area contributed by atoms with E-state index in [1.165, 1.54) is 18.2 Å². The van der Waals surface area contributed by atoms with Gasteiger partial charge in [-0.1, -0.05) is 136 Å². The van der Waals surface area contributed by atoms with E-state index in [1.54, 1.807) is 13.2 Å². The number of hydrogen-bond acceptors (Lipinski definition) is 7.